The fraction of sp³-hybridized carbons (Fsp3) is 0.286. The first-order valence-electron chi connectivity index (χ1n) is 6.62. The fourth-order valence-corrected chi connectivity index (χ4v) is 3.73. The lowest BCUT2D eigenvalue weighted by atomic mass is 9.88. The number of carbonyl (C=O) groups is 1. The molecule has 0 bridgehead atoms. The van der Waals surface area contributed by atoms with E-state index >= 15 is 0 Å². The third kappa shape index (κ3) is 3.35. The van der Waals surface area contributed by atoms with E-state index in [1.807, 2.05) is 0 Å². The van der Waals surface area contributed by atoms with Crippen molar-refractivity contribution in [2.45, 2.75) is 29.0 Å². The Kier molecular flexibility index (Phi) is 4.85. The van der Waals surface area contributed by atoms with E-state index in [-0.39, 0.29) is 21.9 Å². The van der Waals surface area contributed by atoms with Gasteiger partial charge >= 0.3 is 0 Å². The summed E-state index contributed by atoms with van der Waals surface area (Å²) in [6.45, 7) is 2.86. The van der Waals surface area contributed by atoms with Crippen LogP contribution in [0, 0.1) is 10.1 Å². The molecule has 0 amide bonds. The Morgan fingerprint density at radius 1 is 1.38 bits per heavy atom. The summed E-state index contributed by atoms with van der Waals surface area (Å²) in [5.74, 6) is -0.451. The van der Waals surface area contributed by atoms with Gasteiger partial charge in [0.1, 0.15) is 10.3 Å². The predicted molar refractivity (Wildman–Crippen MR) is 90.4 cm³/mol. The molecule has 2 atom stereocenters. The first-order chi connectivity index (χ1) is 11.0. The van der Waals surface area contributed by atoms with Crippen LogP contribution in [-0.2, 0) is 14.8 Å². The van der Waals surface area contributed by atoms with Gasteiger partial charge in [0.15, 0.2) is 5.78 Å². The molecule has 2 rings (SSSR count). The number of nitro groups is 1. The van der Waals surface area contributed by atoms with Crippen LogP contribution in [0.4, 0.5) is 5.69 Å². The van der Waals surface area contributed by atoms with E-state index in [4.69, 9.17) is 23.2 Å². The van der Waals surface area contributed by atoms with Gasteiger partial charge in [-0.3, -0.25) is 14.9 Å². The second-order valence-corrected chi connectivity index (χ2v) is 8.16. The van der Waals surface area contributed by atoms with Crippen molar-refractivity contribution in [3.63, 3.8) is 0 Å². The predicted octanol–water partition coefficient (Wildman–Crippen LogP) is 2.86. The highest BCUT2D eigenvalue weighted by molar-refractivity contribution is 7.90. The molecule has 128 valence electrons. The minimum Gasteiger partial charge on any atom is -0.293 e. The molecule has 0 heterocycles. The summed E-state index contributed by atoms with van der Waals surface area (Å²) >= 11 is 12.2. The highest BCUT2D eigenvalue weighted by atomic mass is 35.5. The molecule has 0 spiro atoms. The summed E-state index contributed by atoms with van der Waals surface area (Å²) < 4.78 is 28.5. The lowest BCUT2D eigenvalue weighted by molar-refractivity contribution is -0.385. The molecule has 0 N–H and O–H groups in total. The normalized spacial score (nSPS) is 26.3. The molecule has 10 heteroatoms. The van der Waals surface area contributed by atoms with E-state index < -0.39 is 31.0 Å². The number of rotatable bonds is 3. The molecule has 1 aromatic rings. The Morgan fingerprint density at radius 2 is 2.00 bits per heavy atom. The number of sulfonamides is 1. The number of nitro benzene ring substituents is 1. The quantitative estimate of drug-likeness (QED) is 0.447. The van der Waals surface area contributed by atoms with Crippen molar-refractivity contribution >= 4 is 50.4 Å². The number of benzene rings is 1. The standard InChI is InChI=1S/C14H12Cl2N2O5S/c1-8-6-11(19)14(2,16)13(15)12(8)17-24(22,23)10-5-3-4-9(7-10)18(20)21/h3-7,13H,1-2H3. The van der Waals surface area contributed by atoms with Crippen LogP contribution in [0.3, 0.4) is 0 Å². The Hall–Kier alpha value is -1.77. The number of hydrogen-bond donors (Lipinski definition) is 0. The van der Waals surface area contributed by atoms with E-state index in [9.17, 15) is 23.3 Å². The van der Waals surface area contributed by atoms with Crippen molar-refractivity contribution in [1.29, 1.82) is 0 Å². The van der Waals surface area contributed by atoms with Crippen molar-refractivity contribution in [2.24, 2.45) is 4.40 Å². The summed E-state index contributed by atoms with van der Waals surface area (Å²) in [5.41, 5.74) is -0.181. The molecule has 0 aliphatic heterocycles. The second-order valence-electron chi connectivity index (χ2n) is 5.34. The van der Waals surface area contributed by atoms with Crippen molar-refractivity contribution in [1.82, 2.24) is 0 Å². The fourth-order valence-electron chi connectivity index (χ4n) is 2.05. The minimum atomic E-state index is -4.26. The molecule has 0 saturated heterocycles. The minimum absolute atomic E-state index is 0.0692. The highest BCUT2D eigenvalue weighted by Gasteiger charge is 2.44. The Morgan fingerprint density at radius 3 is 2.58 bits per heavy atom. The average Bonchev–Trinajstić information content (AvgIpc) is 2.50. The zero-order chi connectivity index (χ0) is 18.3. The van der Waals surface area contributed by atoms with Gasteiger partial charge in [-0.05, 0) is 31.6 Å². The zero-order valence-corrected chi connectivity index (χ0v) is 14.9. The lowest BCUT2D eigenvalue weighted by Gasteiger charge is -2.30. The van der Waals surface area contributed by atoms with Gasteiger partial charge in [-0.2, -0.15) is 12.8 Å². The molecule has 0 radical (unpaired) electrons. The number of halogens is 2. The maximum absolute atomic E-state index is 12.4. The van der Waals surface area contributed by atoms with Gasteiger partial charge in [0.2, 0.25) is 0 Å². The summed E-state index contributed by atoms with van der Waals surface area (Å²) in [6, 6.07) is 4.48. The van der Waals surface area contributed by atoms with Gasteiger partial charge in [0, 0.05) is 12.1 Å². The summed E-state index contributed by atoms with van der Waals surface area (Å²) in [7, 11) is -4.26. The number of hydrogen-bond acceptors (Lipinski definition) is 5. The van der Waals surface area contributed by atoms with Crippen LogP contribution in [0.2, 0.25) is 0 Å². The zero-order valence-electron chi connectivity index (χ0n) is 12.6. The maximum Gasteiger partial charge on any atom is 0.282 e. The molecule has 24 heavy (non-hydrogen) atoms. The molecular weight excluding hydrogens is 379 g/mol. The second kappa shape index (κ2) is 6.27. The number of carbonyl (C=O) groups excluding carboxylic acids is 1. The van der Waals surface area contributed by atoms with E-state index in [0.717, 1.165) is 12.1 Å². The van der Waals surface area contributed by atoms with E-state index in [0.29, 0.717) is 0 Å². The van der Waals surface area contributed by atoms with Crippen molar-refractivity contribution < 1.29 is 18.1 Å². The Bertz CT molecular complexity index is 890. The smallest absolute Gasteiger partial charge is 0.282 e. The van der Waals surface area contributed by atoms with Gasteiger partial charge in [-0.25, -0.2) is 0 Å². The van der Waals surface area contributed by atoms with Crippen LogP contribution in [0.15, 0.2) is 45.2 Å². The molecule has 0 aromatic heterocycles. The molecule has 2 unspecified atom stereocenters. The van der Waals surface area contributed by atoms with Crippen LogP contribution in [0.25, 0.3) is 0 Å². The van der Waals surface area contributed by atoms with Gasteiger partial charge in [0.25, 0.3) is 15.7 Å². The van der Waals surface area contributed by atoms with E-state index in [2.05, 4.69) is 4.40 Å². The third-order valence-corrected chi connectivity index (χ3v) is 5.94. The molecule has 0 saturated carbocycles. The van der Waals surface area contributed by atoms with Gasteiger partial charge in [0.05, 0.1) is 15.5 Å². The van der Waals surface area contributed by atoms with Gasteiger partial charge in [-0.1, -0.05) is 6.07 Å². The van der Waals surface area contributed by atoms with Crippen molar-refractivity contribution in [2.75, 3.05) is 0 Å². The number of allylic oxidation sites excluding steroid dienone is 2. The first-order valence-corrected chi connectivity index (χ1v) is 8.87. The van der Waals surface area contributed by atoms with Crippen molar-refractivity contribution in [3.05, 3.63) is 46.0 Å². The monoisotopic (exact) mass is 390 g/mol. The van der Waals surface area contributed by atoms with Crippen LogP contribution in [0.5, 0.6) is 0 Å². The molecular formula is C14H12Cl2N2O5S. The summed E-state index contributed by atoms with van der Waals surface area (Å²) in [4.78, 5) is 20.1. The molecule has 7 nitrogen and oxygen atoms in total. The van der Waals surface area contributed by atoms with Crippen LogP contribution in [0.1, 0.15) is 13.8 Å². The topological polar surface area (TPSA) is 107 Å². The third-order valence-electron chi connectivity index (χ3n) is 3.49. The average molecular weight is 391 g/mol. The SMILES string of the molecule is CC1=CC(=O)C(C)(Cl)C(Cl)C1=NS(=O)(=O)c1cccc([N+](=O)[O-])c1. The largest absolute Gasteiger partial charge is 0.293 e. The van der Waals surface area contributed by atoms with Gasteiger partial charge < -0.3 is 0 Å². The first kappa shape index (κ1) is 18.6. The molecule has 0 fully saturated rings. The highest BCUT2D eigenvalue weighted by Crippen LogP contribution is 2.34. The maximum atomic E-state index is 12.4. The molecule has 1 aliphatic carbocycles. The number of non-ortho nitro benzene ring substituents is 1. The van der Waals surface area contributed by atoms with Crippen molar-refractivity contribution in [3.8, 4) is 0 Å². The van der Waals surface area contributed by atoms with E-state index in [1.165, 1.54) is 32.1 Å². The lowest BCUT2D eigenvalue weighted by Crippen LogP contribution is -2.46. The van der Waals surface area contributed by atoms with Crippen LogP contribution >= 0.6 is 23.2 Å². The number of nitrogens with zero attached hydrogens (tertiary/aromatic N) is 2. The van der Waals surface area contributed by atoms with Crippen LogP contribution < -0.4 is 0 Å². The Balaban J connectivity index is 2.57. The van der Waals surface area contributed by atoms with Crippen LogP contribution in [-0.4, -0.2) is 35.1 Å². The molecule has 1 aromatic carbocycles. The number of alkyl halides is 2. The summed E-state index contributed by atoms with van der Waals surface area (Å²) in [6.07, 6.45) is 1.17. The van der Waals surface area contributed by atoms with Gasteiger partial charge in [-0.15, -0.1) is 23.2 Å². The molecule has 1 aliphatic rings. The Labute approximate surface area is 148 Å². The summed E-state index contributed by atoms with van der Waals surface area (Å²) in [5, 5.41) is 9.62. The van der Waals surface area contributed by atoms with E-state index in [1.54, 1.807) is 0 Å². The number of ketones is 1.